The molecule has 2 atom stereocenters. The fourth-order valence-corrected chi connectivity index (χ4v) is 5.13. The Morgan fingerprint density at radius 2 is 2.45 bits per heavy atom. The molecule has 0 bridgehead atoms. The maximum absolute atomic E-state index is 12.0. The van der Waals surface area contributed by atoms with E-state index in [1.165, 1.54) is 4.21 Å². The maximum Gasteiger partial charge on any atom is 0.238 e. The highest BCUT2D eigenvalue weighted by Gasteiger charge is 2.47. The minimum absolute atomic E-state index is 0.171. The van der Waals surface area contributed by atoms with E-state index in [2.05, 4.69) is 36.7 Å². The van der Waals surface area contributed by atoms with Gasteiger partial charge in [-0.2, -0.15) is 0 Å². The zero-order valence-corrected chi connectivity index (χ0v) is 13.9. The molecule has 1 aliphatic rings. The molecule has 1 aromatic heterocycles. The summed E-state index contributed by atoms with van der Waals surface area (Å²) in [5.41, 5.74) is 5.25. The Labute approximate surface area is 129 Å². The Morgan fingerprint density at radius 1 is 1.65 bits per heavy atom. The number of thioether (sulfide) groups is 1. The van der Waals surface area contributed by atoms with Crippen LogP contribution in [0.1, 0.15) is 39.5 Å². The summed E-state index contributed by atoms with van der Waals surface area (Å²) in [6.07, 6.45) is 4.13. The summed E-state index contributed by atoms with van der Waals surface area (Å²) in [6, 6.07) is 4.52. The van der Waals surface area contributed by atoms with Gasteiger partial charge in [0.05, 0.1) is 4.21 Å². The van der Waals surface area contributed by atoms with Crippen molar-refractivity contribution in [3.63, 3.8) is 0 Å². The number of amides is 1. The summed E-state index contributed by atoms with van der Waals surface area (Å²) >= 11 is 3.66. The van der Waals surface area contributed by atoms with Crippen LogP contribution in [0.5, 0.6) is 0 Å². The van der Waals surface area contributed by atoms with Gasteiger partial charge in [-0.15, -0.1) is 23.1 Å². The van der Waals surface area contributed by atoms with Crippen LogP contribution >= 0.6 is 23.1 Å². The second-order valence-electron chi connectivity index (χ2n) is 5.79. The summed E-state index contributed by atoms with van der Waals surface area (Å²) in [5, 5.41) is 5.57. The first-order valence-corrected chi connectivity index (χ1v) is 9.15. The van der Waals surface area contributed by atoms with Crippen LogP contribution in [-0.4, -0.2) is 23.2 Å². The number of carbonyl (C=O) groups excluding carboxylic acids is 1. The first kappa shape index (κ1) is 15.9. The summed E-state index contributed by atoms with van der Waals surface area (Å²) < 4.78 is 1.35. The van der Waals surface area contributed by atoms with E-state index < -0.39 is 5.54 Å². The van der Waals surface area contributed by atoms with Gasteiger partial charge in [-0.3, -0.25) is 4.79 Å². The fraction of sp³-hybridized carbons (Fsp3) is 0.667. The molecular weight excluding hydrogens is 288 g/mol. The highest BCUT2D eigenvalue weighted by atomic mass is 32.2. The molecule has 0 radical (unpaired) electrons. The third kappa shape index (κ3) is 3.57. The Morgan fingerprint density at radius 3 is 3.05 bits per heavy atom. The van der Waals surface area contributed by atoms with E-state index in [9.17, 15) is 4.79 Å². The highest BCUT2D eigenvalue weighted by Crippen LogP contribution is 2.39. The van der Waals surface area contributed by atoms with Crippen LogP contribution in [0.2, 0.25) is 0 Å². The maximum atomic E-state index is 12.0. The first-order valence-electron chi connectivity index (χ1n) is 7.28. The van der Waals surface area contributed by atoms with Gasteiger partial charge >= 0.3 is 0 Å². The van der Waals surface area contributed by atoms with Crippen LogP contribution in [0, 0.1) is 5.92 Å². The van der Waals surface area contributed by atoms with Crippen molar-refractivity contribution in [2.24, 2.45) is 11.7 Å². The molecule has 1 saturated carbocycles. The average molecular weight is 313 g/mol. The smallest absolute Gasteiger partial charge is 0.238 e. The molecule has 2 unspecified atom stereocenters. The largest absolute Gasteiger partial charge is 0.368 e. The van der Waals surface area contributed by atoms with Crippen molar-refractivity contribution in [3.05, 3.63) is 17.5 Å². The number of hydrogen-bond acceptors (Lipinski definition) is 4. The van der Waals surface area contributed by atoms with Crippen molar-refractivity contribution in [1.82, 2.24) is 5.32 Å². The molecule has 0 saturated heterocycles. The van der Waals surface area contributed by atoms with E-state index in [1.807, 2.05) is 11.8 Å². The van der Waals surface area contributed by atoms with Gasteiger partial charge in [0.25, 0.3) is 0 Å². The Hall–Kier alpha value is -0.520. The van der Waals surface area contributed by atoms with Crippen LogP contribution in [-0.2, 0) is 4.79 Å². The fourth-order valence-electron chi connectivity index (χ4n) is 3.22. The molecule has 2 rings (SSSR count). The molecule has 1 fully saturated rings. The van der Waals surface area contributed by atoms with Crippen molar-refractivity contribution in [1.29, 1.82) is 0 Å². The lowest BCUT2D eigenvalue weighted by molar-refractivity contribution is -0.126. The second-order valence-corrected chi connectivity index (χ2v) is 8.14. The van der Waals surface area contributed by atoms with Gasteiger partial charge in [0.1, 0.15) is 5.54 Å². The van der Waals surface area contributed by atoms with Gasteiger partial charge in [-0.25, -0.2) is 0 Å². The zero-order valence-electron chi connectivity index (χ0n) is 12.2. The predicted molar refractivity (Wildman–Crippen MR) is 87.2 cm³/mol. The van der Waals surface area contributed by atoms with E-state index in [-0.39, 0.29) is 11.9 Å². The standard InChI is InChI=1S/C15H24N2OS2/c1-11(2)17-15(14(16)18)8-3-5-12(15)7-10-20-13-6-4-9-19-13/h4,6,9,11-12,17H,3,5,7-8,10H2,1-2H3,(H2,16,18). The lowest BCUT2D eigenvalue weighted by atomic mass is 9.83. The molecule has 1 heterocycles. The molecule has 112 valence electrons. The SMILES string of the molecule is CC(C)NC1(C(N)=O)CCCC1CCSc1cccs1. The van der Waals surface area contributed by atoms with Gasteiger partial charge in [-0.1, -0.05) is 12.5 Å². The lowest BCUT2D eigenvalue weighted by Crippen LogP contribution is -2.60. The minimum atomic E-state index is -0.482. The number of hydrogen-bond donors (Lipinski definition) is 2. The average Bonchev–Trinajstić information content (AvgIpc) is 2.99. The van der Waals surface area contributed by atoms with Gasteiger partial charge in [0.15, 0.2) is 0 Å². The number of primary amides is 1. The number of nitrogens with one attached hydrogen (secondary N) is 1. The molecule has 1 aliphatic carbocycles. The topological polar surface area (TPSA) is 55.1 Å². The molecule has 1 aromatic rings. The van der Waals surface area contributed by atoms with E-state index >= 15 is 0 Å². The van der Waals surface area contributed by atoms with Crippen molar-refractivity contribution < 1.29 is 4.79 Å². The highest BCUT2D eigenvalue weighted by molar-refractivity contribution is 8.01. The number of thiophene rings is 1. The summed E-state index contributed by atoms with van der Waals surface area (Å²) in [6.45, 7) is 4.17. The minimum Gasteiger partial charge on any atom is -0.368 e. The molecule has 0 aliphatic heterocycles. The molecule has 3 N–H and O–H groups in total. The van der Waals surface area contributed by atoms with Crippen molar-refractivity contribution in [2.75, 3.05) is 5.75 Å². The Balaban J connectivity index is 1.95. The Bertz CT molecular complexity index is 433. The van der Waals surface area contributed by atoms with E-state index in [4.69, 9.17) is 5.73 Å². The van der Waals surface area contributed by atoms with E-state index in [1.54, 1.807) is 11.3 Å². The van der Waals surface area contributed by atoms with E-state index in [0.717, 1.165) is 31.4 Å². The van der Waals surface area contributed by atoms with Crippen molar-refractivity contribution in [3.8, 4) is 0 Å². The number of carbonyl (C=O) groups is 1. The third-order valence-electron chi connectivity index (χ3n) is 4.01. The third-order valence-corrected chi connectivity index (χ3v) is 6.18. The predicted octanol–water partition coefficient (Wildman–Crippen LogP) is 3.25. The zero-order chi connectivity index (χ0) is 14.6. The monoisotopic (exact) mass is 312 g/mol. The first-order chi connectivity index (χ1) is 9.54. The van der Waals surface area contributed by atoms with Crippen LogP contribution in [0.25, 0.3) is 0 Å². The molecule has 0 aromatic carbocycles. The number of rotatable bonds is 7. The molecule has 20 heavy (non-hydrogen) atoms. The van der Waals surface area contributed by atoms with Gasteiger partial charge in [0.2, 0.25) is 5.91 Å². The van der Waals surface area contributed by atoms with E-state index in [0.29, 0.717) is 5.92 Å². The van der Waals surface area contributed by atoms with Crippen molar-refractivity contribution in [2.45, 2.75) is 55.3 Å². The van der Waals surface area contributed by atoms with Gasteiger partial charge < -0.3 is 11.1 Å². The summed E-state index contributed by atoms with van der Waals surface area (Å²) in [5.74, 6) is 1.25. The molecule has 3 nitrogen and oxygen atoms in total. The molecular formula is C15H24N2OS2. The van der Waals surface area contributed by atoms with Crippen LogP contribution < -0.4 is 11.1 Å². The molecule has 1 amide bonds. The van der Waals surface area contributed by atoms with Crippen molar-refractivity contribution >= 4 is 29.0 Å². The lowest BCUT2D eigenvalue weighted by Gasteiger charge is -2.35. The van der Waals surface area contributed by atoms with Crippen LogP contribution in [0.4, 0.5) is 0 Å². The van der Waals surface area contributed by atoms with Crippen LogP contribution in [0.15, 0.2) is 21.7 Å². The molecule has 5 heteroatoms. The van der Waals surface area contributed by atoms with Crippen LogP contribution in [0.3, 0.4) is 0 Å². The Kier molecular flexibility index (Phi) is 5.52. The summed E-state index contributed by atoms with van der Waals surface area (Å²) in [4.78, 5) is 12.0. The quantitative estimate of drug-likeness (QED) is 0.760. The normalized spacial score (nSPS) is 26.2. The second kappa shape index (κ2) is 6.96. The molecule has 0 spiro atoms. The summed E-state index contributed by atoms with van der Waals surface area (Å²) in [7, 11) is 0. The van der Waals surface area contributed by atoms with Gasteiger partial charge in [-0.05, 0) is 56.2 Å². The number of nitrogens with two attached hydrogens (primary N) is 1. The van der Waals surface area contributed by atoms with Gasteiger partial charge in [0, 0.05) is 6.04 Å².